The lowest BCUT2D eigenvalue weighted by atomic mass is 10.1. The fourth-order valence-electron chi connectivity index (χ4n) is 3.33. The molecule has 1 aromatic carbocycles. The van der Waals surface area contributed by atoms with Crippen molar-refractivity contribution in [2.75, 3.05) is 11.9 Å². The first kappa shape index (κ1) is 19.3. The molecule has 0 spiro atoms. The van der Waals surface area contributed by atoms with Gasteiger partial charge < -0.3 is 10.1 Å². The number of hydrogen-bond donors (Lipinski definition) is 1. The molecule has 0 unspecified atom stereocenters. The maximum atomic E-state index is 12.5. The van der Waals surface area contributed by atoms with Gasteiger partial charge in [-0.1, -0.05) is 29.8 Å². The molecule has 0 saturated heterocycles. The first-order valence-electron chi connectivity index (χ1n) is 9.51. The lowest BCUT2D eigenvalue weighted by molar-refractivity contribution is -0.117. The van der Waals surface area contributed by atoms with E-state index in [1.165, 1.54) is 16.1 Å². The first-order valence-corrected chi connectivity index (χ1v) is 10.3. The van der Waals surface area contributed by atoms with Gasteiger partial charge in [0.1, 0.15) is 11.5 Å². The van der Waals surface area contributed by atoms with Crippen LogP contribution in [-0.2, 0) is 28.9 Å². The van der Waals surface area contributed by atoms with E-state index in [2.05, 4.69) is 20.7 Å². The summed E-state index contributed by atoms with van der Waals surface area (Å²) in [6, 6.07) is 7.76. The Bertz CT molecular complexity index is 1050. The lowest BCUT2D eigenvalue weighted by Crippen LogP contribution is -2.21. The van der Waals surface area contributed by atoms with E-state index >= 15 is 0 Å². The smallest absolute Gasteiger partial charge is 0.341 e. The Hall–Kier alpha value is -3.07. The number of ether oxygens (including phenoxy) is 1. The van der Waals surface area contributed by atoms with E-state index in [0.29, 0.717) is 23.0 Å². The Balaban J connectivity index is 1.48. The van der Waals surface area contributed by atoms with Crippen molar-refractivity contribution in [1.82, 2.24) is 20.2 Å². The number of nitrogens with zero attached hydrogens (tertiary/aromatic N) is 4. The van der Waals surface area contributed by atoms with Crippen LogP contribution < -0.4 is 5.32 Å². The summed E-state index contributed by atoms with van der Waals surface area (Å²) in [5.74, 6) is -0.244. The summed E-state index contributed by atoms with van der Waals surface area (Å²) >= 11 is 1.45. The Labute approximate surface area is 171 Å². The number of amides is 1. The summed E-state index contributed by atoms with van der Waals surface area (Å²) in [4.78, 5) is 27.3. The van der Waals surface area contributed by atoms with Crippen molar-refractivity contribution < 1.29 is 14.3 Å². The van der Waals surface area contributed by atoms with Crippen molar-refractivity contribution in [3.05, 3.63) is 45.8 Å². The number of tetrazole rings is 1. The zero-order valence-electron chi connectivity index (χ0n) is 16.3. The van der Waals surface area contributed by atoms with Crippen molar-refractivity contribution in [3.8, 4) is 11.4 Å². The number of fused-ring (bicyclic) bond motifs is 1. The zero-order valence-corrected chi connectivity index (χ0v) is 17.1. The second kappa shape index (κ2) is 8.12. The number of hydrogen-bond acceptors (Lipinski definition) is 7. The summed E-state index contributed by atoms with van der Waals surface area (Å²) < 4.78 is 5.19. The molecule has 2 heterocycles. The monoisotopic (exact) mass is 411 g/mol. The van der Waals surface area contributed by atoms with Crippen molar-refractivity contribution in [1.29, 1.82) is 0 Å². The predicted octanol–water partition coefficient (Wildman–Crippen LogP) is 3.01. The van der Waals surface area contributed by atoms with Gasteiger partial charge in [0.15, 0.2) is 0 Å². The Morgan fingerprint density at radius 3 is 2.79 bits per heavy atom. The second-order valence-corrected chi connectivity index (χ2v) is 7.94. The van der Waals surface area contributed by atoms with Gasteiger partial charge in [0.25, 0.3) is 0 Å². The molecule has 4 rings (SSSR count). The topological polar surface area (TPSA) is 99.0 Å². The van der Waals surface area contributed by atoms with Gasteiger partial charge in [0, 0.05) is 10.4 Å². The van der Waals surface area contributed by atoms with Crippen molar-refractivity contribution >= 4 is 28.2 Å². The van der Waals surface area contributed by atoms with Crippen LogP contribution in [0, 0.1) is 6.92 Å². The fourth-order valence-corrected chi connectivity index (χ4v) is 4.63. The van der Waals surface area contributed by atoms with E-state index in [0.717, 1.165) is 40.8 Å². The second-order valence-electron chi connectivity index (χ2n) is 6.84. The maximum absolute atomic E-state index is 12.5. The minimum Gasteiger partial charge on any atom is -0.462 e. The molecule has 0 aliphatic heterocycles. The standard InChI is InChI=1S/C20H21N5O3S/c1-3-28-20(27)17-14-5-4-6-15(14)29-19(17)21-16(26)11-25-23-18(22-24-25)13-9-7-12(2)8-10-13/h7-10H,3-6,11H2,1-2H3,(H,21,26). The third-order valence-electron chi connectivity index (χ3n) is 4.70. The van der Waals surface area contributed by atoms with Crippen LogP contribution in [0.1, 0.15) is 39.7 Å². The van der Waals surface area contributed by atoms with Gasteiger partial charge in [0.05, 0.1) is 12.2 Å². The van der Waals surface area contributed by atoms with Gasteiger partial charge in [-0.3, -0.25) is 4.79 Å². The summed E-state index contributed by atoms with van der Waals surface area (Å²) in [5.41, 5.74) is 3.47. The molecule has 1 aliphatic rings. The third-order valence-corrected chi connectivity index (χ3v) is 5.91. The SMILES string of the molecule is CCOC(=O)c1c(NC(=O)Cn2nnc(-c3ccc(C)cc3)n2)sc2c1CCC2. The number of carbonyl (C=O) groups excluding carboxylic acids is 2. The molecule has 2 aromatic heterocycles. The van der Waals surface area contributed by atoms with E-state index in [4.69, 9.17) is 4.74 Å². The van der Waals surface area contributed by atoms with Crippen LogP contribution in [0.25, 0.3) is 11.4 Å². The third kappa shape index (κ3) is 4.04. The molecule has 1 amide bonds. The van der Waals surface area contributed by atoms with Gasteiger partial charge in [-0.15, -0.1) is 21.5 Å². The van der Waals surface area contributed by atoms with Crippen LogP contribution in [0.2, 0.25) is 0 Å². The van der Waals surface area contributed by atoms with Crippen LogP contribution in [0.15, 0.2) is 24.3 Å². The zero-order chi connectivity index (χ0) is 20.4. The van der Waals surface area contributed by atoms with Crippen molar-refractivity contribution in [3.63, 3.8) is 0 Å². The van der Waals surface area contributed by atoms with E-state index in [1.54, 1.807) is 6.92 Å². The number of carbonyl (C=O) groups is 2. The minimum absolute atomic E-state index is 0.0936. The molecule has 150 valence electrons. The number of nitrogens with one attached hydrogen (secondary N) is 1. The molecule has 0 saturated carbocycles. The van der Waals surface area contributed by atoms with Crippen LogP contribution in [0.5, 0.6) is 0 Å². The molecular weight excluding hydrogens is 390 g/mol. The average molecular weight is 411 g/mol. The van der Waals surface area contributed by atoms with Crippen molar-refractivity contribution in [2.45, 2.75) is 39.7 Å². The van der Waals surface area contributed by atoms with E-state index in [9.17, 15) is 9.59 Å². The summed E-state index contributed by atoms with van der Waals surface area (Å²) in [6.45, 7) is 3.97. The van der Waals surface area contributed by atoms with Crippen LogP contribution in [0.4, 0.5) is 5.00 Å². The largest absolute Gasteiger partial charge is 0.462 e. The predicted molar refractivity (Wildman–Crippen MR) is 109 cm³/mol. The van der Waals surface area contributed by atoms with Crippen LogP contribution in [0.3, 0.4) is 0 Å². The van der Waals surface area contributed by atoms with Crippen LogP contribution in [-0.4, -0.2) is 38.7 Å². The highest BCUT2D eigenvalue weighted by atomic mass is 32.1. The quantitative estimate of drug-likeness (QED) is 0.626. The first-order chi connectivity index (χ1) is 14.0. The molecule has 0 fully saturated rings. The minimum atomic E-state index is -0.386. The van der Waals surface area contributed by atoms with Gasteiger partial charge in [0.2, 0.25) is 11.7 Å². The lowest BCUT2D eigenvalue weighted by Gasteiger charge is -2.07. The summed E-state index contributed by atoms with van der Waals surface area (Å²) in [6.07, 6.45) is 2.78. The number of benzene rings is 1. The number of aromatic nitrogens is 4. The van der Waals surface area contributed by atoms with E-state index in [-0.39, 0.29) is 18.4 Å². The number of aryl methyl sites for hydroxylation is 2. The van der Waals surface area contributed by atoms with E-state index < -0.39 is 0 Å². The Morgan fingerprint density at radius 1 is 1.24 bits per heavy atom. The summed E-state index contributed by atoms with van der Waals surface area (Å²) in [7, 11) is 0. The number of thiophene rings is 1. The fraction of sp³-hybridized carbons (Fsp3) is 0.350. The molecule has 3 aromatic rings. The average Bonchev–Trinajstić information content (AvgIpc) is 3.38. The molecule has 9 heteroatoms. The van der Waals surface area contributed by atoms with Gasteiger partial charge in [-0.2, -0.15) is 4.80 Å². The highest BCUT2D eigenvalue weighted by Crippen LogP contribution is 2.39. The maximum Gasteiger partial charge on any atom is 0.341 e. The Morgan fingerprint density at radius 2 is 2.03 bits per heavy atom. The molecule has 0 atom stereocenters. The molecule has 0 radical (unpaired) electrons. The highest BCUT2D eigenvalue weighted by Gasteiger charge is 2.28. The van der Waals surface area contributed by atoms with E-state index in [1.807, 2.05) is 31.2 Å². The molecule has 0 bridgehead atoms. The molecule has 1 N–H and O–H groups in total. The molecule has 1 aliphatic carbocycles. The molecule has 8 nitrogen and oxygen atoms in total. The van der Waals surface area contributed by atoms with Gasteiger partial charge in [-0.25, -0.2) is 4.79 Å². The number of anilines is 1. The van der Waals surface area contributed by atoms with Gasteiger partial charge in [-0.05, 0) is 43.9 Å². The number of esters is 1. The Kier molecular flexibility index (Phi) is 5.39. The number of rotatable bonds is 6. The molecule has 29 heavy (non-hydrogen) atoms. The van der Waals surface area contributed by atoms with Crippen molar-refractivity contribution in [2.24, 2.45) is 0 Å². The highest BCUT2D eigenvalue weighted by molar-refractivity contribution is 7.17. The summed E-state index contributed by atoms with van der Waals surface area (Å²) in [5, 5.41) is 15.6. The molecular formula is C20H21N5O3S. The van der Waals surface area contributed by atoms with Gasteiger partial charge >= 0.3 is 5.97 Å². The van der Waals surface area contributed by atoms with Crippen LogP contribution >= 0.6 is 11.3 Å². The normalized spacial score (nSPS) is 12.6.